The maximum absolute atomic E-state index is 13.3. The highest BCUT2D eigenvalue weighted by Crippen LogP contribution is 2.39. The molecule has 0 saturated carbocycles. The number of fused-ring (bicyclic) bond motifs is 1. The van der Waals surface area contributed by atoms with Crippen LogP contribution in [0.2, 0.25) is 0 Å². The Morgan fingerprint density at radius 2 is 1.85 bits per heavy atom. The fourth-order valence-corrected chi connectivity index (χ4v) is 2.36. The number of alkyl halides is 3. The van der Waals surface area contributed by atoms with Crippen LogP contribution >= 0.6 is 0 Å². The summed E-state index contributed by atoms with van der Waals surface area (Å²) in [6.45, 7) is 0. The molecule has 0 saturated heterocycles. The molecule has 2 rings (SSSR count). The summed E-state index contributed by atoms with van der Waals surface area (Å²) in [5, 5.41) is 0. The van der Waals surface area contributed by atoms with Crippen LogP contribution in [0.3, 0.4) is 0 Å². The van der Waals surface area contributed by atoms with E-state index in [4.69, 9.17) is 0 Å². The Labute approximate surface area is 115 Å². The van der Waals surface area contributed by atoms with Gasteiger partial charge in [0.25, 0.3) is 5.91 Å². The van der Waals surface area contributed by atoms with E-state index in [0.29, 0.717) is 11.3 Å². The van der Waals surface area contributed by atoms with Gasteiger partial charge in [0.15, 0.2) is 6.04 Å². The highest BCUT2D eigenvalue weighted by Gasteiger charge is 2.49. The molecule has 0 fully saturated rings. The van der Waals surface area contributed by atoms with Gasteiger partial charge in [-0.15, -0.1) is 0 Å². The molecule has 1 unspecified atom stereocenters. The lowest BCUT2D eigenvalue weighted by Crippen LogP contribution is -2.50. The molecular formula is C14H15F3N2O. The monoisotopic (exact) mass is 284 g/mol. The Morgan fingerprint density at radius 3 is 2.40 bits per heavy atom. The number of amides is 1. The number of hydrogen-bond acceptors (Lipinski definition) is 2. The van der Waals surface area contributed by atoms with Crippen LogP contribution < -0.4 is 4.90 Å². The molecule has 108 valence electrons. The van der Waals surface area contributed by atoms with Gasteiger partial charge in [-0.2, -0.15) is 13.2 Å². The number of hydrogen-bond donors (Lipinski definition) is 0. The highest BCUT2D eigenvalue weighted by atomic mass is 19.4. The number of para-hydroxylation sites is 1. The molecule has 0 aromatic heterocycles. The van der Waals surface area contributed by atoms with Crippen LogP contribution in [0.15, 0.2) is 29.8 Å². The Balaban J connectivity index is 2.60. The van der Waals surface area contributed by atoms with Crippen LogP contribution in [0.4, 0.5) is 18.9 Å². The van der Waals surface area contributed by atoms with Gasteiger partial charge >= 0.3 is 6.18 Å². The normalized spacial score (nSPS) is 18.4. The van der Waals surface area contributed by atoms with E-state index in [-0.39, 0.29) is 5.57 Å². The number of rotatable bonds is 1. The van der Waals surface area contributed by atoms with E-state index in [9.17, 15) is 18.0 Å². The summed E-state index contributed by atoms with van der Waals surface area (Å²) in [5.41, 5.74) is 0.814. The van der Waals surface area contributed by atoms with Crippen LogP contribution in [0.5, 0.6) is 0 Å². The van der Waals surface area contributed by atoms with Crippen molar-refractivity contribution in [1.29, 1.82) is 0 Å². The van der Waals surface area contributed by atoms with Gasteiger partial charge in [-0.3, -0.25) is 4.79 Å². The summed E-state index contributed by atoms with van der Waals surface area (Å²) in [6, 6.07) is 4.79. The Hall–Kier alpha value is -1.98. The zero-order chi connectivity index (χ0) is 15.1. The smallest absolute Gasteiger partial charge is 0.359 e. The molecule has 0 N–H and O–H groups in total. The van der Waals surface area contributed by atoms with Crippen LogP contribution in [-0.2, 0) is 4.79 Å². The molecule has 0 aliphatic carbocycles. The number of carbonyl (C=O) groups excluding carboxylic acids is 1. The van der Waals surface area contributed by atoms with Gasteiger partial charge in [0.2, 0.25) is 0 Å². The van der Waals surface area contributed by atoms with Crippen molar-refractivity contribution in [3.63, 3.8) is 0 Å². The number of benzene rings is 1. The molecule has 1 aromatic rings. The Kier molecular flexibility index (Phi) is 3.50. The van der Waals surface area contributed by atoms with E-state index < -0.39 is 18.1 Å². The average Bonchev–Trinajstić information content (AvgIpc) is 2.36. The standard InChI is InChI=1S/C14H15F3N2O/c1-18(2)13(20)10-8-9-6-4-5-7-11(9)19(3)12(10)14(15,16)17/h4-8,12H,1-3H3. The van der Waals surface area contributed by atoms with Crippen molar-refractivity contribution in [2.24, 2.45) is 0 Å². The van der Waals surface area contributed by atoms with Crippen molar-refractivity contribution in [2.75, 3.05) is 26.0 Å². The van der Waals surface area contributed by atoms with Crippen molar-refractivity contribution in [3.05, 3.63) is 35.4 Å². The molecule has 1 aromatic carbocycles. The second-order valence-electron chi connectivity index (χ2n) is 4.91. The summed E-state index contributed by atoms with van der Waals surface area (Å²) in [7, 11) is 4.24. The average molecular weight is 284 g/mol. The van der Waals surface area contributed by atoms with Crippen LogP contribution in [0.1, 0.15) is 5.56 Å². The lowest BCUT2D eigenvalue weighted by molar-refractivity contribution is -0.146. The third kappa shape index (κ3) is 2.37. The molecule has 1 aliphatic heterocycles. The minimum atomic E-state index is -4.51. The maximum atomic E-state index is 13.3. The van der Waals surface area contributed by atoms with Crippen molar-refractivity contribution < 1.29 is 18.0 Å². The summed E-state index contributed by atoms with van der Waals surface area (Å²) in [5.74, 6) is -0.631. The molecule has 0 spiro atoms. The zero-order valence-corrected chi connectivity index (χ0v) is 11.4. The molecule has 0 radical (unpaired) electrons. The topological polar surface area (TPSA) is 23.6 Å². The molecule has 1 aliphatic rings. The third-order valence-electron chi connectivity index (χ3n) is 3.27. The minimum Gasteiger partial charge on any atom is -0.359 e. The first-order valence-electron chi connectivity index (χ1n) is 6.05. The SMILES string of the molecule is CN(C)C(=O)C1=Cc2ccccc2N(C)C1C(F)(F)F. The van der Waals surface area contributed by atoms with E-state index in [1.807, 2.05) is 0 Å². The van der Waals surface area contributed by atoms with Gasteiger partial charge in [-0.1, -0.05) is 18.2 Å². The number of halogens is 3. The fraction of sp³-hybridized carbons (Fsp3) is 0.357. The van der Waals surface area contributed by atoms with E-state index in [2.05, 4.69) is 0 Å². The highest BCUT2D eigenvalue weighted by molar-refractivity contribution is 6.02. The molecule has 0 bridgehead atoms. The number of anilines is 1. The van der Waals surface area contributed by atoms with Crippen LogP contribution in [-0.4, -0.2) is 44.2 Å². The molecule has 3 nitrogen and oxygen atoms in total. The van der Waals surface area contributed by atoms with Crippen molar-refractivity contribution in [2.45, 2.75) is 12.2 Å². The molecule has 20 heavy (non-hydrogen) atoms. The second kappa shape index (κ2) is 4.85. The van der Waals surface area contributed by atoms with Crippen LogP contribution in [0.25, 0.3) is 6.08 Å². The number of likely N-dealkylation sites (N-methyl/N-ethyl adjacent to an activating group) is 2. The summed E-state index contributed by atoms with van der Waals surface area (Å²) < 4.78 is 39.9. The minimum absolute atomic E-state index is 0.260. The quantitative estimate of drug-likeness (QED) is 0.791. The van der Waals surface area contributed by atoms with Crippen molar-refractivity contribution >= 4 is 17.7 Å². The molecule has 1 amide bonds. The predicted molar refractivity (Wildman–Crippen MR) is 71.4 cm³/mol. The summed E-state index contributed by atoms with van der Waals surface area (Å²) in [4.78, 5) is 14.3. The fourth-order valence-electron chi connectivity index (χ4n) is 2.36. The summed E-state index contributed by atoms with van der Waals surface area (Å²) in [6.07, 6.45) is -3.18. The Morgan fingerprint density at radius 1 is 1.25 bits per heavy atom. The van der Waals surface area contributed by atoms with Gasteiger partial charge in [0.1, 0.15) is 0 Å². The van der Waals surface area contributed by atoms with Crippen molar-refractivity contribution in [3.8, 4) is 0 Å². The van der Waals surface area contributed by atoms with E-state index in [1.165, 1.54) is 27.2 Å². The molecular weight excluding hydrogens is 269 g/mol. The Bertz CT molecular complexity index is 564. The number of nitrogens with zero attached hydrogens (tertiary/aromatic N) is 2. The van der Waals surface area contributed by atoms with Crippen molar-refractivity contribution in [1.82, 2.24) is 4.90 Å². The first kappa shape index (κ1) is 14.4. The first-order valence-corrected chi connectivity index (χ1v) is 6.05. The third-order valence-corrected chi connectivity index (χ3v) is 3.27. The summed E-state index contributed by atoms with van der Waals surface area (Å²) >= 11 is 0. The second-order valence-corrected chi connectivity index (χ2v) is 4.91. The lowest BCUT2D eigenvalue weighted by Gasteiger charge is -2.37. The molecule has 1 atom stereocenters. The van der Waals surface area contributed by atoms with Gasteiger partial charge in [-0.05, 0) is 17.7 Å². The van der Waals surface area contributed by atoms with Gasteiger partial charge in [-0.25, -0.2) is 0 Å². The first-order chi connectivity index (χ1) is 9.23. The number of carbonyl (C=O) groups is 1. The maximum Gasteiger partial charge on any atom is 0.413 e. The largest absolute Gasteiger partial charge is 0.413 e. The van der Waals surface area contributed by atoms with E-state index in [0.717, 1.165) is 9.80 Å². The molecule has 1 heterocycles. The van der Waals surface area contributed by atoms with Gasteiger partial charge in [0.05, 0.1) is 0 Å². The lowest BCUT2D eigenvalue weighted by atomic mass is 9.94. The zero-order valence-electron chi connectivity index (χ0n) is 11.4. The van der Waals surface area contributed by atoms with Crippen LogP contribution in [0, 0.1) is 0 Å². The molecule has 6 heteroatoms. The van der Waals surface area contributed by atoms with E-state index in [1.54, 1.807) is 24.3 Å². The van der Waals surface area contributed by atoms with E-state index >= 15 is 0 Å². The van der Waals surface area contributed by atoms with Gasteiger partial charge in [0, 0.05) is 32.4 Å². The predicted octanol–water partition coefficient (Wildman–Crippen LogP) is 2.54. The van der Waals surface area contributed by atoms with Gasteiger partial charge < -0.3 is 9.80 Å².